The number of nitro groups is 1. The van der Waals surface area contributed by atoms with E-state index in [-0.39, 0.29) is 24.4 Å². The fourth-order valence-corrected chi connectivity index (χ4v) is 1.63. The van der Waals surface area contributed by atoms with Gasteiger partial charge in [-0.3, -0.25) is 14.9 Å². The van der Waals surface area contributed by atoms with Crippen LogP contribution in [0.1, 0.15) is 23.7 Å². The minimum Gasteiger partial charge on any atom is -0.396 e. The first-order chi connectivity index (χ1) is 9.01. The summed E-state index contributed by atoms with van der Waals surface area (Å²) in [4.78, 5) is 23.3. The van der Waals surface area contributed by atoms with Crippen molar-refractivity contribution in [2.24, 2.45) is 0 Å². The Balaban J connectivity index is 3.02. The van der Waals surface area contributed by atoms with Crippen molar-refractivity contribution in [1.29, 1.82) is 0 Å². The Labute approximate surface area is 109 Å². The molecule has 7 heteroatoms. The van der Waals surface area contributed by atoms with Crippen LogP contribution in [0.15, 0.2) is 18.2 Å². The van der Waals surface area contributed by atoms with Crippen molar-refractivity contribution in [3.05, 3.63) is 39.7 Å². The van der Waals surface area contributed by atoms with E-state index in [9.17, 15) is 19.3 Å². The highest BCUT2D eigenvalue weighted by atomic mass is 19.1. The number of nitrogens with zero attached hydrogens (tertiary/aromatic N) is 2. The number of amides is 1. The summed E-state index contributed by atoms with van der Waals surface area (Å²) in [5.74, 6) is -1.41. The van der Waals surface area contributed by atoms with Crippen molar-refractivity contribution in [1.82, 2.24) is 4.90 Å². The third-order valence-electron chi connectivity index (χ3n) is 2.65. The molecule has 1 aromatic carbocycles. The van der Waals surface area contributed by atoms with Crippen LogP contribution in [0.5, 0.6) is 0 Å². The molecule has 0 bridgehead atoms. The van der Waals surface area contributed by atoms with E-state index in [1.54, 1.807) is 6.92 Å². The number of aliphatic hydroxyl groups excluding tert-OH is 1. The van der Waals surface area contributed by atoms with Gasteiger partial charge < -0.3 is 10.0 Å². The lowest BCUT2D eigenvalue weighted by Gasteiger charge is -2.20. The molecule has 1 aromatic rings. The topological polar surface area (TPSA) is 83.7 Å². The summed E-state index contributed by atoms with van der Waals surface area (Å²) in [6.45, 7) is 2.24. The maximum absolute atomic E-state index is 13.6. The molecular weight excluding hydrogens is 255 g/mol. The number of carbonyl (C=O) groups is 1. The smallest absolute Gasteiger partial charge is 0.270 e. The molecule has 0 spiro atoms. The van der Waals surface area contributed by atoms with Gasteiger partial charge in [0, 0.05) is 31.8 Å². The normalized spacial score (nSPS) is 10.3. The van der Waals surface area contributed by atoms with Gasteiger partial charge in [-0.15, -0.1) is 0 Å². The zero-order valence-corrected chi connectivity index (χ0v) is 10.5. The standard InChI is InChI=1S/C12H15FN2O4/c1-2-14(6-3-7-16)12(17)10-8-9(15(18)19)4-5-11(10)13/h4-5,8,16H,2-3,6-7H2,1H3. The molecule has 0 fully saturated rings. The van der Waals surface area contributed by atoms with Gasteiger partial charge in [-0.25, -0.2) is 4.39 Å². The van der Waals surface area contributed by atoms with Crippen LogP contribution in [0, 0.1) is 15.9 Å². The van der Waals surface area contributed by atoms with Crippen molar-refractivity contribution in [3.63, 3.8) is 0 Å². The number of non-ortho nitro benzene ring substituents is 1. The van der Waals surface area contributed by atoms with Crippen LogP contribution in [0.3, 0.4) is 0 Å². The average Bonchev–Trinajstić information content (AvgIpc) is 2.39. The molecule has 1 rings (SSSR count). The van der Waals surface area contributed by atoms with Gasteiger partial charge in [-0.05, 0) is 19.4 Å². The number of rotatable bonds is 6. The molecule has 0 heterocycles. The van der Waals surface area contributed by atoms with Crippen LogP contribution >= 0.6 is 0 Å². The number of aliphatic hydroxyl groups is 1. The minimum atomic E-state index is -0.793. The average molecular weight is 270 g/mol. The maximum Gasteiger partial charge on any atom is 0.270 e. The fourth-order valence-electron chi connectivity index (χ4n) is 1.63. The Hall–Kier alpha value is -2.02. The van der Waals surface area contributed by atoms with E-state index in [1.807, 2.05) is 0 Å². The number of hydrogen-bond acceptors (Lipinski definition) is 4. The monoisotopic (exact) mass is 270 g/mol. The van der Waals surface area contributed by atoms with Gasteiger partial charge in [0.1, 0.15) is 5.82 Å². The van der Waals surface area contributed by atoms with Gasteiger partial charge in [0.15, 0.2) is 0 Å². The lowest BCUT2D eigenvalue weighted by Crippen LogP contribution is -2.32. The van der Waals surface area contributed by atoms with Crippen molar-refractivity contribution in [2.45, 2.75) is 13.3 Å². The van der Waals surface area contributed by atoms with Gasteiger partial charge in [-0.2, -0.15) is 0 Å². The summed E-state index contributed by atoms with van der Waals surface area (Å²) in [6, 6.07) is 2.85. The van der Waals surface area contributed by atoms with E-state index in [0.717, 1.165) is 18.2 Å². The molecule has 0 aliphatic carbocycles. The predicted molar refractivity (Wildman–Crippen MR) is 66.3 cm³/mol. The number of nitro benzene ring substituents is 1. The maximum atomic E-state index is 13.6. The molecule has 19 heavy (non-hydrogen) atoms. The summed E-state index contributed by atoms with van der Waals surface area (Å²) >= 11 is 0. The summed E-state index contributed by atoms with van der Waals surface area (Å²) in [5, 5.41) is 19.4. The highest BCUT2D eigenvalue weighted by Crippen LogP contribution is 2.18. The zero-order valence-electron chi connectivity index (χ0n) is 10.5. The third-order valence-corrected chi connectivity index (χ3v) is 2.65. The van der Waals surface area contributed by atoms with E-state index >= 15 is 0 Å². The molecule has 6 nitrogen and oxygen atoms in total. The molecule has 0 saturated heterocycles. The van der Waals surface area contributed by atoms with Gasteiger partial charge >= 0.3 is 0 Å². The first kappa shape index (κ1) is 15.0. The molecule has 0 atom stereocenters. The van der Waals surface area contributed by atoms with Crippen molar-refractivity contribution >= 4 is 11.6 Å². The van der Waals surface area contributed by atoms with E-state index in [1.165, 1.54) is 4.90 Å². The molecule has 0 radical (unpaired) electrons. The number of benzene rings is 1. The summed E-state index contributed by atoms with van der Waals surface area (Å²) in [7, 11) is 0. The lowest BCUT2D eigenvalue weighted by atomic mass is 10.1. The molecule has 0 saturated carbocycles. The van der Waals surface area contributed by atoms with E-state index < -0.39 is 16.6 Å². The van der Waals surface area contributed by atoms with Gasteiger partial charge in [0.2, 0.25) is 0 Å². The van der Waals surface area contributed by atoms with E-state index in [2.05, 4.69) is 0 Å². The first-order valence-electron chi connectivity index (χ1n) is 5.85. The Morgan fingerprint density at radius 2 is 2.21 bits per heavy atom. The molecule has 104 valence electrons. The van der Waals surface area contributed by atoms with Crippen LogP contribution in [-0.2, 0) is 0 Å². The molecule has 0 aliphatic heterocycles. The Morgan fingerprint density at radius 3 is 2.74 bits per heavy atom. The van der Waals surface area contributed by atoms with Crippen molar-refractivity contribution < 1.29 is 19.2 Å². The largest absolute Gasteiger partial charge is 0.396 e. The van der Waals surface area contributed by atoms with Gasteiger partial charge in [-0.1, -0.05) is 0 Å². The summed E-state index contributed by atoms with van der Waals surface area (Å²) in [5.41, 5.74) is -0.656. The van der Waals surface area contributed by atoms with E-state index in [4.69, 9.17) is 5.11 Å². The molecule has 0 unspecified atom stereocenters. The van der Waals surface area contributed by atoms with Crippen LogP contribution in [0.4, 0.5) is 10.1 Å². The number of hydrogen-bond donors (Lipinski definition) is 1. The summed E-state index contributed by atoms with van der Waals surface area (Å²) in [6.07, 6.45) is 0.371. The Morgan fingerprint density at radius 1 is 1.53 bits per heavy atom. The van der Waals surface area contributed by atoms with E-state index in [0.29, 0.717) is 13.0 Å². The second-order valence-corrected chi connectivity index (χ2v) is 3.88. The Bertz CT molecular complexity index is 479. The molecule has 1 N–H and O–H groups in total. The van der Waals surface area contributed by atoms with Crippen molar-refractivity contribution in [2.75, 3.05) is 19.7 Å². The fraction of sp³-hybridized carbons (Fsp3) is 0.417. The zero-order chi connectivity index (χ0) is 14.4. The SMILES string of the molecule is CCN(CCCO)C(=O)c1cc([N+](=O)[O-])ccc1F. The van der Waals surface area contributed by atoms with Crippen LogP contribution in [0.2, 0.25) is 0 Å². The number of carbonyl (C=O) groups excluding carboxylic acids is 1. The highest BCUT2D eigenvalue weighted by Gasteiger charge is 2.20. The minimum absolute atomic E-state index is 0.0821. The Kier molecular flexibility index (Phi) is 5.37. The quantitative estimate of drug-likeness (QED) is 0.628. The second kappa shape index (κ2) is 6.79. The van der Waals surface area contributed by atoms with Gasteiger partial charge in [0.05, 0.1) is 10.5 Å². The van der Waals surface area contributed by atoms with Crippen molar-refractivity contribution in [3.8, 4) is 0 Å². The first-order valence-corrected chi connectivity index (χ1v) is 5.85. The summed E-state index contributed by atoms with van der Waals surface area (Å²) < 4.78 is 13.6. The van der Waals surface area contributed by atoms with Crippen LogP contribution in [0.25, 0.3) is 0 Å². The molecule has 0 aromatic heterocycles. The van der Waals surface area contributed by atoms with Crippen LogP contribution in [-0.4, -0.2) is 40.5 Å². The molecule has 1 amide bonds. The third kappa shape index (κ3) is 3.72. The van der Waals surface area contributed by atoms with Crippen LogP contribution < -0.4 is 0 Å². The molecular formula is C12H15FN2O4. The lowest BCUT2D eigenvalue weighted by molar-refractivity contribution is -0.384. The second-order valence-electron chi connectivity index (χ2n) is 3.88. The highest BCUT2D eigenvalue weighted by molar-refractivity contribution is 5.95. The predicted octanol–water partition coefficient (Wildman–Crippen LogP) is 1.58. The molecule has 0 aliphatic rings. The number of halogens is 1. The van der Waals surface area contributed by atoms with Gasteiger partial charge in [0.25, 0.3) is 11.6 Å².